The van der Waals surface area contributed by atoms with Crippen LogP contribution in [-0.2, 0) is 0 Å². The number of aliphatic hydroxyl groups excluding tert-OH is 2. The van der Waals surface area contributed by atoms with Gasteiger partial charge < -0.3 is 25.4 Å². The zero-order valence-corrected chi connectivity index (χ0v) is 10.1. The van der Waals surface area contributed by atoms with Gasteiger partial charge in [-0.05, 0) is 13.0 Å². The molecule has 0 saturated carbocycles. The van der Waals surface area contributed by atoms with Crippen LogP contribution in [-0.4, -0.2) is 36.6 Å². The summed E-state index contributed by atoms with van der Waals surface area (Å²) in [4.78, 5) is 0. The molecule has 17 heavy (non-hydrogen) atoms. The summed E-state index contributed by atoms with van der Waals surface area (Å²) >= 11 is 0. The van der Waals surface area contributed by atoms with Gasteiger partial charge in [0.1, 0.15) is 24.2 Å². The number of hydrogen-bond acceptors (Lipinski definition) is 5. The largest absolute Gasteiger partial charge is 0.497 e. The van der Waals surface area contributed by atoms with Crippen molar-refractivity contribution >= 4 is 0 Å². The fourth-order valence-corrected chi connectivity index (χ4v) is 1.38. The maximum Gasteiger partial charge on any atom is 0.127 e. The van der Waals surface area contributed by atoms with E-state index in [2.05, 4.69) is 0 Å². The molecule has 1 aromatic rings. The summed E-state index contributed by atoms with van der Waals surface area (Å²) in [5, 5.41) is 18.0. The van der Waals surface area contributed by atoms with Crippen molar-refractivity contribution in [2.75, 3.05) is 20.3 Å². The topological polar surface area (TPSA) is 84.9 Å². The molecule has 2 atom stereocenters. The first-order chi connectivity index (χ1) is 8.08. The highest BCUT2D eigenvalue weighted by Crippen LogP contribution is 2.28. The van der Waals surface area contributed by atoms with E-state index in [4.69, 9.17) is 20.3 Å². The molecule has 0 aromatic heterocycles. The van der Waals surface area contributed by atoms with Gasteiger partial charge in [-0.25, -0.2) is 0 Å². The van der Waals surface area contributed by atoms with Crippen molar-refractivity contribution in [2.24, 2.45) is 5.73 Å². The van der Waals surface area contributed by atoms with Gasteiger partial charge in [0.15, 0.2) is 0 Å². The van der Waals surface area contributed by atoms with E-state index in [0.717, 1.165) is 5.56 Å². The molecule has 4 N–H and O–H groups in total. The summed E-state index contributed by atoms with van der Waals surface area (Å²) in [7, 11) is 1.56. The van der Waals surface area contributed by atoms with Crippen molar-refractivity contribution in [1.29, 1.82) is 0 Å². The van der Waals surface area contributed by atoms with Gasteiger partial charge in [-0.3, -0.25) is 0 Å². The lowest BCUT2D eigenvalue weighted by Gasteiger charge is -2.16. The Balaban J connectivity index is 2.85. The van der Waals surface area contributed by atoms with Crippen LogP contribution >= 0.6 is 0 Å². The van der Waals surface area contributed by atoms with Crippen molar-refractivity contribution in [3.63, 3.8) is 0 Å². The van der Waals surface area contributed by atoms with Crippen LogP contribution in [0.4, 0.5) is 0 Å². The summed E-state index contributed by atoms with van der Waals surface area (Å²) in [6, 6.07) is 5.16. The Labute approximate surface area is 101 Å². The Morgan fingerprint density at radius 2 is 2.12 bits per heavy atom. The Morgan fingerprint density at radius 3 is 2.65 bits per heavy atom. The number of rotatable bonds is 6. The van der Waals surface area contributed by atoms with Crippen LogP contribution in [0, 0.1) is 0 Å². The Hall–Kier alpha value is -1.30. The molecular formula is C12H19NO4. The molecule has 0 heterocycles. The smallest absolute Gasteiger partial charge is 0.127 e. The fraction of sp³-hybridized carbons (Fsp3) is 0.500. The monoisotopic (exact) mass is 241 g/mol. The zero-order chi connectivity index (χ0) is 12.8. The first-order valence-electron chi connectivity index (χ1n) is 5.43. The van der Waals surface area contributed by atoms with Crippen LogP contribution < -0.4 is 15.2 Å². The molecule has 0 aliphatic rings. The Bertz CT molecular complexity index is 354. The predicted octanol–water partition coefficient (Wildman–Crippen LogP) is 0.447. The van der Waals surface area contributed by atoms with E-state index >= 15 is 0 Å². The van der Waals surface area contributed by atoms with Gasteiger partial charge in [-0.1, -0.05) is 6.07 Å². The van der Waals surface area contributed by atoms with Gasteiger partial charge in [0.2, 0.25) is 0 Å². The highest BCUT2D eigenvalue weighted by Gasteiger charge is 2.11. The minimum Gasteiger partial charge on any atom is -0.497 e. The second-order valence-electron chi connectivity index (χ2n) is 3.84. The third kappa shape index (κ3) is 3.89. The number of ether oxygens (including phenoxy) is 2. The minimum absolute atomic E-state index is 0.0172. The average Bonchev–Trinajstić information content (AvgIpc) is 2.35. The van der Waals surface area contributed by atoms with Gasteiger partial charge in [0.25, 0.3) is 0 Å². The molecule has 1 rings (SSSR count). The molecule has 5 nitrogen and oxygen atoms in total. The van der Waals surface area contributed by atoms with Crippen LogP contribution in [0.1, 0.15) is 18.5 Å². The summed E-state index contributed by atoms with van der Waals surface area (Å²) in [5.41, 5.74) is 6.64. The predicted molar refractivity (Wildman–Crippen MR) is 64.2 cm³/mol. The molecule has 0 amide bonds. The van der Waals surface area contributed by atoms with Gasteiger partial charge in [-0.2, -0.15) is 0 Å². The molecule has 0 bridgehead atoms. The second kappa shape index (κ2) is 6.44. The molecule has 0 spiro atoms. The second-order valence-corrected chi connectivity index (χ2v) is 3.84. The van der Waals surface area contributed by atoms with Gasteiger partial charge in [0.05, 0.1) is 13.7 Å². The maximum absolute atomic E-state index is 9.24. The van der Waals surface area contributed by atoms with E-state index in [9.17, 15) is 5.11 Å². The van der Waals surface area contributed by atoms with Crippen molar-refractivity contribution < 1.29 is 19.7 Å². The lowest BCUT2D eigenvalue weighted by molar-refractivity contribution is 0.0531. The van der Waals surface area contributed by atoms with Crippen LogP contribution in [0.2, 0.25) is 0 Å². The zero-order valence-electron chi connectivity index (χ0n) is 10.1. The highest BCUT2D eigenvalue weighted by atomic mass is 16.5. The van der Waals surface area contributed by atoms with Crippen molar-refractivity contribution in [3.05, 3.63) is 23.8 Å². The first kappa shape index (κ1) is 13.8. The number of benzene rings is 1. The third-order valence-electron chi connectivity index (χ3n) is 2.35. The highest BCUT2D eigenvalue weighted by molar-refractivity contribution is 5.42. The van der Waals surface area contributed by atoms with E-state index < -0.39 is 6.10 Å². The summed E-state index contributed by atoms with van der Waals surface area (Å²) < 4.78 is 10.5. The molecule has 0 aliphatic carbocycles. The Kier molecular flexibility index (Phi) is 5.21. The van der Waals surface area contributed by atoms with Gasteiger partial charge >= 0.3 is 0 Å². The molecule has 1 aromatic carbocycles. The lowest BCUT2D eigenvalue weighted by Crippen LogP contribution is -2.22. The SMILES string of the molecule is COc1ccc(C(C)N)c(OCC(O)CO)c1. The van der Waals surface area contributed by atoms with Crippen LogP contribution in [0.5, 0.6) is 11.5 Å². The van der Waals surface area contributed by atoms with Crippen molar-refractivity contribution in [1.82, 2.24) is 0 Å². The normalized spacial score (nSPS) is 14.2. The number of aliphatic hydroxyl groups is 2. The number of hydrogen-bond donors (Lipinski definition) is 3. The lowest BCUT2D eigenvalue weighted by atomic mass is 10.1. The van der Waals surface area contributed by atoms with Gasteiger partial charge in [0, 0.05) is 17.7 Å². The van der Waals surface area contributed by atoms with Crippen LogP contribution in [0.15, 0.2) is 18.2 Å². The minimum atomic E-state index is -0.901. The van der Waals surface area contributed by atoms with Crippen molar-refractivity contribution in [3.8, 4) is 11.5 Å². The fourth-order valence-electron chi connectivity index (χ4n) is 1.38. The molecule has 0 saturated heterocycles. The summed E-state index contributed by atoms with van der Waals surface area (Å²) in [6.07, 6.45) is -0.901. The van der Waals surface area contributed by atoms with E-state index in [-0.39, 0.29) is 19.3 Å². The molecule has 0 radical (unpaired) electrons. The van der Waals surface area contributed by atoms with Crippen LogP contribution in [0.25, 0.3) is 0 Å². The summed E-state index contributed by atoms with van der Waals surface area (Å²) in [5.74, 6) is 1.22. The van der Waals surface area contributed by atoms with Crippen LogP contribution in [0.3, 0.4) is 0 Å². The molecular weight excluding hydrogens is 222 g/mol. The molecule has 96 valence electrons. The average molecular weight is 241 g/mol. The molecule has 0 fully saturated rings. The van der Waals surface area contributed by atoms with E-state index in [1.165, 1.54) is 0 Å². The first-order valence-corrected chi connectivity index (χ1v) is 5.43. The standard InChI is InChI=1S/C12H19NO4/c1-8(13)11-4-3-10(16-2)5-12(11)17-7-9(15)6-14/h3-5,8-9,14-15H,6-7,13H2,1-2H3. The molecule has 5 heteroatoms. The van der Waals surface area contributed by atoms with E-state index in [1.54, 1.807) is 19.2 Å². The van der Waals surface area contributed by atoms with E-state index in [1.807, 2.05) is 13.0 Å². The quantitative estimate of drug-likeness (QED) is 0.673. The van der Waals surface area contributed by atoms with E-state index in [0.29, 0.717) is 11.5 Å². The molecule has 0 aliphatic heterocycles. The van der Waals surface area contributed by atoms with Crippen molar-refractivity contribution in [2.45, 2.75) is 19.1 Å². The third-order valence-corrected chi connectivity index (χ3v) is 2.35. The summed E-state index contributed by atoms with van der Waals surface area (Å²) in [6.45, 7) is 1.53. The number of nitrogens with two attached hydrogens (primary N) is 1. The number of methoxy groups -OCH3 is 1. The van der Waals surface area contributed by atoms with Gasteiger partial charge in [-0.15, -0.1) is 0 Å². The Morgan fingerprint density at radius 1 is 1.41 bits per heavy atom. The maximum atomic E-state index is 9.24. The molecule has 2 unspecified atom stereocenters.